The van der Waals surface area contributed by atoms with Gasteiger partial charge in [0.1, 0.15) is 0 Å². The van der Waals surface area contributed by atoms with Crippen molar-refractivity contribution in [3.05, 3.63) is 0 Å². The number of ether oxygens (including phenoxy) is 3. The van der Waals surface area contributed by atoms with Crippen molar-refractivity contribution in [2.75, 3.05) is 64.7 Å². The number of aliphatic hydroxyl groups is 1. The second-order valence-electron chi connectivity index (χ2n) is 4.14. The van der Waals surface area contributed by atoms with Crippen molar-refractivity contribution in [1.82, 2.24) is 10.6 Å². The van der Waals surface area contributed by atoms with E-state index in [2.05, 4.69) is 26.6 Å². The molecule has 0 aliphatic rings. The molecule has 22 heavy (non-hydrogen) atoms. The molecule has 0 saturated carbocycles. The molecule has 8 nitrogen and oxygen atoms in total. The zero-order chi connectivity index (χ0) is 16.5. The van der Waals surface area contributed by atoms with E-state index < -0.39 is 0 Å². The minimum absolute atomic E-state index is 0.0413. The van der Waals surface area contributed by atoms with Gasteiger partial charge in [0.15, 0.2) is 0 Å². The van der Waals surface area contributed by atoms with Crippen molar-refractivity contribution in [3.63, 3.8) is 0 Å². The SMILES string of the molecule is O=C(CBr)NCCOCCOCCNC(=O)CCOCCO. The van der Waals surface area contributed by atoms with Crippen LogP contribution < -0.4 is 10.6 Å². The Hall–Kier alpha value is -0.740. The molecular weight excluding hydrogens is 360 g/mol. The fourth-order valence-electron chi connectivity index (χ4n) is 1.31. The fraction of sp³-hybridized carbons (Fsp3) is 0.846. The molecule has 0 aromatic heterocycles. The summed E-state index contributed by atoms with van der Waals surface area (Å²) in [5.41, 5.74) is 0. The monoisotopic (exact) mass is 384 g/mol. The van der Waals surface area contributed by atoms with Crippen LogP contribution in [0.4, 0.5) is 0 Å². The van der Waals surface area contributed by atoms with Gasteiger partial charge in [0.25, 0.3) is 0 Å². The summed E-state index contributed by atoms with van der Waals surface area (Å²) in [7, 11) is 0. The normalized spacial score (nSPS) is 10.5. The Morgan fingerprint density at radius 2 is 1.36 bits per heavy atom. The number of carbonyl (C=O) groups is 2. The zero-order valence-corrected chi connectivity index (χ0v) is 14.2. The molecule has 0 rings (SSSR count). The van der Waals surface area contributed by atoms with Crippen LogP contribution in [0.2, 0.25) is 0 Å². The predicted octanol–water partition coefficient (Wildman–Crippen LogP) is -0.954. The molecule has 0 saturated heterocycles. The predicted molar refractivity (Wildman–Crippen MR) is 84.0 cm³/mol. The number of hydrogen-bond acceptors (Lipinski definition) is 6. The largest absolute Gasteiger partial charge is 0.394 e. The van der Waals surface area contributed by atoms with Gasteiger partial charge in [-0.05, 0) is 0 Å². The average Bonchev–Trinajstić information content (AvgIpc) is 2.53. The highest BCUT2D eigenvalue weighted by atomic mass is 79.9. The maximum absolute atomic E-state index is 11.3. The van der Waals surface area contributed by atoms with Crippen LogP contribution >= 0.6 is 15.9 Å². The average molecular weight is 385 g/mol. The number of rotatable bonds is 15. The summed E-state index contributed by atoms with van der Waals surface area (Å²) < 4.78 is 15.5. The van der Waals surface area contributed by atoms with Gasteiger partial charge < -0.3 is 30.0 Å². The smallest absolute Gasteiger partial charge is 0.230 e. The Labute approximate surface area is 139 Å². The van der Waals surface area contributed by atoms with Crippen molar-refractivity contribution in [3.8, 4) is 0 Å². The Morgan fingerprint density at radius 3 is 1.91 bits per heavy atom. The third kappa shape index (κ3) is 15.6. The molecule has 3 N–H and O–H groups in total. The van der Waals surface area contributed by atoms with E-state index in [-0.39, 0.29) is 36.8 Å². The van der Waals surface area contributed by atoms with Gasteiger partial charge in [0.05, 0.1) is 51.6 Å². The van der Waals surface area contributed by atoms with Crippen molar-refractivity contribution in [2.45, 2.75) is 6.42 Å². The number of nitrogens with one attached hydrogen (secondary N) is 2. The summed E-state index contributed by atoms with van der Waals surface area (Å²) >= 11 is 3.04. The lowest BCUT2D eigenvalue weighted by Gasteiger charge is -2.08. The number of halogens is 1. The number of amides is 2. The van der Waals surface area contributed by atoms with E-state index >= 15 is 0 Å². The van der Waals surface area contributed by atoms with Crippen molar-refractivity contribution in [2.24, 2.45) is 0 Å². The fourth-order valence-corrected chi connectivity index (χ4v) is 1.51. The third-order valence-electron chi connectivity index (χ3n) is 2.34. The molecule has 0 aromatic rings. The van der Waals surface area contributed by atoms with Gasteiger partial charge in [-0.15, -0.1) is 0 Å². The van der Waals surface area contributed by atoms with Crippen LogP contribution in [0.5, 0.6) is 0 Å². The first kappa shape index (κ1) is 21.3. The molecule has 0 aliphatic carbocycles. The summed E-state index contributed by atoms with van der Waals surface area (Å²) in [4.78, 5) is 22.2. The molecular formula is C13H25BrN2O6. The minimum atomic E-state index is -0.111. The van der Waals surface area contributed by atoms with Gasteiger partial charge >= 0.3 is 0 Å². The maximum atomic E-state index is 11.3. The van der Waals surface area contributed by atoms with Crippen LogP contribution in [0.1, 0.15) is 6.42 Å². The number of alkyl halides is 1. The molecule has 0 bridgehead atoms. The van der Waals surface area contributed by atoms with Gasteiger partial charge in [-0.3, -0.25) is 9.59 Å². The first-order valence-corrected chi connectivity index (χ1v) is 8.26. The Kier molecular flexibility index (Phi) is 16.1. The molecule has 0 fully saturated rings. The number of hydrogen-bond donors (Lipinski definition) is 3. The highest BCUT2D eigenvalue weighted by Gasteiger charge is 2.00. The maximum Gasteiger partial charge on any atom is 0.230 e. The second-order valence-corrected chi connectivity index (χ2v) is 4.70. The van der Waals surface area contributed by atoms with Crippen LogP contribution in [-0.4, -0.2) is 81.6 Å². The Balaban J connectivity index is 3.16. The first-order valence-electron chi connectivity index (χ1n) is 7.14. The van der Waals surface area contributed by atoms with Gasteiger partial charge in [0.2, 0.25) is 11.8 Å². The molecule has 130 valence electrons. The summed E-state index contributed by atoms with van der Waals surface area (Å²) in [6.45, 7) is 3.12. The van der Waals surface area contributed by atoms with E-state index in [0.717, 1.165) is 0 Å². The summed E-state index contributed by atoms with van der Waals surface area (Å²) in [5, 5.41) is 14.1. The molecule has 0 spiro atoms. The van der Waals surface area contributed by atoms with Crippen LogP contribution in [0.15, 0.2) is 0 Å². The summed E-state index contributed by atoms with van der Waals surface area (Å²) in [5.74, 6) is -0.183. The van der Waals surface area contributed by atoms with Crippen LogP contribution in [0, 0.1) is 0 Å². The Morgan fingerprint density at radius 1 is 0.818 bits per heavy atom. The molecule has 0 atom stereocenters. The summed E-state index contributed by atoms with van der Waals surface area (Å²) in [6, 6.07) is 0. The lowest BCUT2D eigenvalue weighted by atomic mass is 10.4. The highest BCUT2D eigenvalue weighted by Crippen LogP contribution is 1.84. The quantitative estimate of drug-likeness (QED) is 0.248. The lowest BCUT2D eigenvalue weighted by Crippen LogP contribution is -2.29. The molecule has 2 amide bonds. The van der Waals surface area contributed by atoms with E-state index in [9.17, 15) is 9.59 Å². The summed E-state index contributed by atoms with van der Waals surface area (Å²) in [6.07, 6.45) is 0.267. The molecule has 0 radical (unpaired) electrons. The van der Waals surface area contributed by atoms with Crippen LogP contribution in [-0.2, 0) is 23.8 Å². The Bertz CT molecular complexity index is 294. The van der Waals surface area contributed by atoms with E-state index in [1.54, 1.807) is 0 Å². The van der Waals surface area contributed by atoms with Gasteiger partial charge in [-0.2, -0.15) is 0 Å². The van der Waals surface area contributed by atoms with Crippen molar-refractivity contribution in [1.29, 1.82) is 0 Å². The second kappa shape index (κ2) is 16.6. The van der Waals surface area contributed by atoms with Crippen molar-refractivity contribution >= 4 is 27.7 Å². The molecule has 0 aliphatic heterocycles. The first-order chi connectivity index (χ1) is 10.7. The number of aliphatic hydroxyl groups excluding tert-OH is 1. The van der Waals surface area contributed by atoms with E-state index in [1.165, 1.54) is 0 Å². The van der Waals surface area contributed by atoms with E-state index in [1.807, 2.05) is 0 Å². The number of carbonyl (C=O) groups excluding carboxylic acids is 2. The van der Waals surface area contributed by atoms with Crippen LogP contribution in [0.3, 0.4) is 0 Å². The third-order valence-corrected chi connectivity index (χ3v) is 2.85. The molecule has 0 heterocycles. The lowest BCUT2D eigenvalue weighted by molar-refractivity contribution is -0.122. The highest BCUT2D eigenvalue weighted by molar-refractivity contribution is 9.09. The van der Waals surface area contributed by atoms with Crippen LogP contribution in [0.25, 0.3) is 0 Å². The van der Waals surface area contributed by atoms with Gasteiger partial charge in [-0.25, -0.2) is 0 Å². The van der Waals surface area contributed by atoms with Gasteiger partial charge in [0, 0.05) is 19.5 Å². The van der Waals surface area contributed by atoms with E-state index in [0.29, 0.717) is 46.1 Å². The molecule has 0 aromatic carbocycles. The standard InChI is InChI=1S/C13H25BrN2O6/c14-11-13(19)16-3-7-22-10-9-21-6-2-15-12(18)1-5-20-8-4-17/h17H,1-11H2,(H,15,18)(H,16,19). The topological polar surface area (TPSA) is 106 Å². The minimum Gasteiger partial charge on any atom is -0.394 e. The van der Waals surface area contributed by atoms with Gasteiger partial charge in [-0.1, -0.05) is 15.9 Å². The van der Waals surface area contributed by atoms with Crippen molar-refractivity contribution < 1.29 is 28.9 Å². The molecule has 9 heteroatoms. The molecule has 0 unspecified atom stereocenters. The zero-order valence-electron chi connectivity index (χ0n) is 12.6. The van der Waals surface area contributed by atoms with E-state index in [4.69, 9.17) is 19.3 Å².